The predicted molar refractivity (Wildman–Crippen MR) is 111 cm³/mol. The van der Waals surface area contributed by atoms with Crippen molar-refractivity contribution in [1.29, 1.82) is 0 Å². The van der Waals surface area contributed by atoms with E-state index in [0.29, 0.717) is 12.1 Å². The first-order chi connectivity index (χ1) is 12.5. The van der Waals surface area contributed by atoms with E-state index in [1.807, 2.05) is 12.1 Å². The number of halogens is 1. The molecule has 1 aromatic rings. The van der Waals surface area contributed by atoms with Gasteiger partial charge in [0.05, 0.1) is 6.54 Å². The number of nitrogens with one attached hydrogen (secondary N) is 2. The molecule has 0 aromatic heterocycles. The van der Waals surface area contributed by atoms with E-state index in [2.05, 4.69) is 48.4 Å². The van der Waals surface area contributed by atoms with Crippen LogP contribution in [0.3, 0.4) is 0 Å². The quantitative estimate of drug-likeness (QED) is 0.586. The van der Waals surface area contributed by atoms with Gasteiger partial charge in [0.2, 0.25) is 0 Å². The first-order valence-corrected chi connectivity index (χ1v) is 10.4. The van der Waals surface area contributed by atoms with Gasteiger partial charge in [0.1, 0.15) is 0 Å². The van der Waals surface area contributed by atoms with Gasteiger partial charge in [-0.05, 0) is 64.2 Å². The molecule has 1 aromatic carbocycles. The molecule has 4 nitrogen and oxygen atoms in total. The minimum atomic E-state index is 0.189. The average Bonchev–Trinajstić information content (AvgIpc) is 3.42. The Morgan fingerprint density at radius 2 is 2.04 bits per heavy atom. The van der Waals surface area contributed by atoms with Crippen LogP contribution in [0.15, 0.2) is 29.3 Å². The molecule has 0 bridgehead atoms. The van der Waals surface area contributed by atoms with Crippen LogP contribution in [0.2, 0.25) is 5.02 Å². The fourth-order valence-electron chi connectivity index (χ4n) is 3.81. The molecule has 0 unspecified atom stereocenters. The van der Waals surface area contributed by atoms with Crippen molar-refractivity contribution >= 4 is 17.6 Å². The normalized spacial score (nSPS) is 21.0. The summed E-state index contributed by atoms with van der Waals surface area (Å²) >= 11 is 6.19. The van der Waals surface area contributed by atoms with Crippen molar-refractivity contribution in [2.75, 3.05) is 26.2 Å². The van der Waals surface area contributed by atoms with Crippen molar-refractivity contribution in [3.63, 3.8) is 0 Å². The number of benzene rings is 1. The van der Waals surface area contributed by atoms with Crippen LogP contribution in [0.4, 0.5) is 0 Å². The molecular formula is C21H33ClN4. The highest BCUT2D eigenvalue weighted by Gasteiger charge is 2.44. The Kier molecular flexibility index (Phi) is 6.46. The van der Waals surface area contributed by atoms with Gasteiger partial charge in [-0.2, -0.15) is 0 Å². The fourth-order valence-corrected chi connectivity index (χ4v) is 4.00. The smallest absolute Gasteiger partial charge is 0.191 e. The van der Waals surface area contributed by atoms with E-state index in [9.17, 15) is 0 Å². The molecule has 0 amide bonds. The lowest BCUT2D eigenvalue weighted by Gasteiger charge is -2.35. The van der Waals surface area contributed by atoms with Crippen LogP contribution in [0.25, 0.3) is 0 Å². The molecule has 1 saturated heterocycles. The van der Waals surface area contributed by atoms with Crippen LogP contribution < -0.4 is 10.6 Å². The molecule has 1 aliphatic heterocycles. The predicted octanol–water partition coefficient (Wildman–Crippen LogP) is 3.80. The maximum atomic E-state index is 6.19. The highest BCUT2D eigenvalue weighted by molar-refractivity contribution is 6.30. The molecule has 144 valence electrons. The van der Waals surface area contributed by atoms with Crippen molar-refractivity contribution in [3.8, 4) is 0 Å². The first kappa shape index (κ1) is 19.5. The summed E-state index contributed by atoms with van der Waals surface area (Å²) < 4.78 is 0. The van der Waals surface area contributed by atoms with Crippen molar-refractivity contribution in [3.05, 3.63) is 34.9 Å². The summed E-state index contributed by atoms with van der Waals surface area (Å²) in [5, 5.41) is 7.91. The summed E-state index contributed by atoms with van der Waals surface area (Å²) in [6, 6.07) is 9.45. The Morgan fingerprint density at radius 3 is 2.62 bits per heavy atom. The van der Waals surface area contributed by atoms with Crippen LogP contribution in [-0.2, 0) is 5.41 Å². The van der Waals surface area contributed by atoms with E-state index < -0.39 is 0 Å². The monoisotopic (exact) mass is 376 g/mol. The Balaban J connectivity index is 1.59. The average molecular weight is 377 g/mol. The second-order valence-electron chi connectivity index (χ2n) is 8.03. The van der Waals surface area contributed by atoms with Gasteiger partial charge in [-0.3, -0.25) is 4.99 Å². The van der Waals surface area contributed by atoms with Crippen molar-refractivity contribution in [1.82, 2.24) is 15.5 Å². The second-order valence-corrected chi connectivity index (χ2v) is 8.47. The third kappa shape index (κ3) is 4.92. The Labute approximate surface area is 163 Å². The highest BCUT2D eigenvalue weighted by Crippen LogP contribution is 2.48. The highest BCUT2D eigenvalue weighted by atomic mass is 35.5. The molecule has 5 heteroatoms. The number of hydrogen-bond donors (Lipinski definition) is 2. The lowest BCUT2D eigenvalue weighted by atomic mass is 9.96. The first-order valence-electron chi connectivity index (χ1n) is 10.1. The zero-order valence-electron chi connectivity index (χ0n) is 16.4. The van der Waals surface area contributed by atoms with Crippen molar-refractivity contribution in [2.45, 2.75) is 64.0 Å². The lowest BCUT2D eigenvalue weighted by molar-refractivity contribution is 0.167. The minimum absolute atomic E-state index is 0.189. The molecule has 3 rings (SSSR count). The zero-order chi connectivity index (χ0) is 18.6. The summed E-state index contributed by atoms with van der Waals surface area (Å²) in [6.07, 6.45) is 4.76. The van der Waals surface area contributed by atoms with Gasteiger partial charge in [0.25, 0.3) is 0 Å². The number of rotatable bonds is 6. The summed E-state index contributed by atoms with van der Waals surface area (Å²) in [5.74, 6) is 0.962. The number of hydrogen-bond acceptors (Lipinski definition) is 2. The van der Waals surface area contributed by atoms with Crippen LogP contribution >= 0.6 is 11.6 Å². The Morgan fingerprint density at radius 1 is 1.31 bits per heavy atom. The molecule has 1 saturated carbocycles. The zero-order valence-corrected chi connectivity index (χ0v) is 17.1. The van der Waals surface area contributed by atoms with E-state index in [-0.39, 0.29) is 5.41 Å². The maximum absolute atomic E-state index is 6.19. The maximum Gasteiger partial charge on any atom is 0.191 e. The van der Waals surface area contributed by atoms with Gasteiger partial charge in [-0.1, -0.05) is 23.7 Å². The van der Waals surface area contributed by atoms with Gasteiger partial charge >= 0.3 is 0 Å². The molecule has 26 heavy (non-hydrogen) atoms. The molecule has 2 fully saturated rings. The molecule has 2 N–H and O–H groups in total. The third-order valence-electron chi connectivity index (χ3n) is 5.78. The van der Waals surface area contributed by atoms with Gasteiger partial charge < -0.3 is 15.5 Å². The number of guanidine groups is 1. The summed E-state index contributed by atoms with van der Waals surface area (Å²) in [6.45, 7) is 10.7. The number of piperidine rings is 1. The van der Waals surface area contributed by atoms with E-state index >= 15 is 0 Å². The molecule has 2 aliphatic rings. The van der Waals surface area contributed by atoms with E-state index in [4.69, 9.17) is 16.6 Å². The molecule has 1 aliphatic carbocycles. The molecule has 1 heterocycles. The minimum Gasteiger partial charge on any atom is -0.357 e. The van der Waals surface area contributed by atoms with Crippen LogP contribution in [0, 0.1) is 0 Å². The summed E-state index contributed by atoms with van der Waals surface area (Å²) in [4.78, 5) is 7.50. The van der Waals surface area contributed by atoms with Crippen LogP contribution in [0.1, 0.15) is 52.0 Å². The number of nitrogens with zero attached hydrogens (tertiary/aromatic N) is 2. The molecule has 0 radical (unpaired) electrons. The van der Waals surface area contributed by atoms with E-state index in [0.717, 1.165) is 24.1 Å². The summed E-state index contributed by atoms with van der Waals surface area (Å²) in [5.41, 5.74) is 1.52. The van der Waals surface area contributed by atoms with Crippen LogP contribution in [-0.4, -0.2) is 49.1 Å². The van der Waals surface area contributed by atoms with Gasteiger partial charge in [0, 0.05) is 42.2 Å². The standard InChI is InChI=1S/C21H33ClN4/c1-4-23-20(25-19-8-12-26(13-9-19)16(2)3)24-15-21(10-11-21)17-6-5-7-18(22)14-17/h5-7,14,16,19H,4,8-13,15H2,1-3H3,(H2,23,24,25). The summed E-state index contributed by atoms with van der Waals surface area (Å²) in [7, 11) is 0. The lowest BCUT2D eigenvalue weighted by Crippen LogP contribution is -2.50. The van der Waals surface area contributed by atoms with E-state index in [1.165, 1.54) is 44.3 Å². The molecule has 0 spiro atoms. The van der Waals surface area contributed by atoms with Gasteiger partial charge in [-0.25, -0.2) is 0 Å². The van der Waals surface area contributed by atoms with Crippen LogP contribution in [0.5, 0.6) is 0 Å². The van der Waals surface area contributed by atoms with Crippen molar-refractivity contribution in [2.24, 2.45) is 4.99 Å². The second kappa shape index (κ2) is 8.62. The topological polar surface area (TPSA) is 39.7 Å². The molecular weight excluding hydrogens is 344 g/mol. The third-order valence-corrected chi connectivity index (χ3v) is 6.01. The molecule has 0 atom stereocenters. The van der Waals surface area contributed by atoms with Crippen molar-refractivity contribution < 1.29 is 0 Å². The fraction of sp³-hybridized carbons (Fsp3) is 0.667. The largest absolute Gasteiger partial charge is 0.357 e. The number of aliphatic imine (C=N–C) groups is 1. The Bertz CT molecular complexity index is 616. The SMILES string of the molecule is CCNC(=NCC1(c2cccc(Cl)c2)CC1)NC1CCN(C(C)C)CC1. The van der Waals surface area contributed by atoms with E-state index in [1.54, 1.807) is 0 Å². The Hall–Kier alpha value is -1.26. The van der Waals surface area contributed by atoms with Gasteiger partial charge in [-0.15, -0.1) is 0 Å². The number of likely N-dealkylation sites (tertiary alicyclic amines) is 1. The van der Waals surface area contributed by atoms with Gasteiger partial charge in [0.15, 0.2) is 5.96 Å².